The predicted octanol–water partition coefficient (Wildman–Crippen LogP) is 1.44. The zero-order chi connectivity index (χ0) is 8.27. The Labute approximate surface area is 74.1 Å². The van der Waals surface area contributed by atoms with E-state index in [4.69, 9.17) is 22.1 Å². The van der Waals surface area contributed by atoms with Crippen LogP contribution in [0.3, 0.4) is 0 Å². The van der Waals surface area contributed by atoms with Gasteiger partial charge in [0.25, 0.3) is 0 Å². The fraction of sp³-hybridized carbons (Fsp3) is 0.500. The van der Waals surface area contributed by atoms with E-state index in [9.17, 15) is 0 Å². The van der Waals surface area contributed by atoms with Gasteiger partial charge >= 0.3 is 0 Å². The Balaban J connectivity index is 2.81. The second-order valence-corrected chi connectivity index (χ2v) is 3.21. The maximum atomic E-state index is 5.76. The molecule has 0 aliphatic carbocycles. The first-order valence-corrected chi connectivity index (χ1v) is 4.37. The Bertz CT molecular complexity index is 224. The van der Waals surface area contributed by atoms with Crippen molar-refractivity contribution in [3.8, 4) is 0 Å². The van der Waals surface area contributed by atoms with Crippen LogP contribution in [-0.2, 0) is 4.74 Å². The molecule has 1 unspecified atom stereocenters. The van der Waals surface area contributed by atoms with Crippen LogP contribution in [0.4, 0.5) is 0 Å². The summed E-state index contributed by atoms with van der Waals surface area (Å²) in [5, 5.41) is 0.493. The molecule has 62 valence electrons. The van der Waals surface area contributed by atoms with Crippen molar-refractivity contribution in [2.45, 2.75) is 6.10 Å². The molecule has 3 nitrogen and oxygen atoms in total. The molecule has 1 heterocycles. The highest BCUT2D eigenvalue weighted by molar-refractivity contribution is 7.10. The average molecular weight is 193 g/mol. The molecular formula is C6H9ClN2OS. The number of methoxy groups -OCH3 is 1. The number of halogens is 1. The summed E-state index contributed by atoms with van der Waals surface area (Å²) in [6, 6.07) is 0. The number of nitrogens with zero attached hydrogens (tertiary/aromatic N) is 1. The predicted molar refractivity (Wildman–Crippen MR) is 45.9 cm³/mol. The normalized spacial score (nSPS) is 13.4. The maximum absolute atomic E-state index is 5.76. The summed E-state index contributed by atoms with van der Waals surface area (Å²) in [6.07, 6.45) is -0.116. The maximum Gasteiger partial charge on any atom is 0.145 e. The molecule has 5 heteroatoms. The van der Waals surface area contributed by atoms with Crippen molar-refractivity contribution in [1.29, 1.82) is 0 Å². The summed E-state index contributed by atoms with van der Waals surface area (Å²) >= 11 is 7.21. The minimum Gasteiger partial charge on any atom is -0.374 e. The van der Waals surface area contributed by atoms with Crippen molar-refractivity contribution >= 4 is 22.9 Å². The highest BCUT2D eigenvalue weighted by Crippen LogP contribution is 2.27. The summed E-state index contributed by atoms with van der Waals surface area (Å²) in [4.78, 5) is 4.78. The number of rotatable bonds is 3. The van der Waals surface area contributed by atoms with Gasteiger partial charge in [-0.25, -0.2) is 4.98 Å². The van der Waals surface area contributed by atoms with E-state index in [-0.39, 0.29) is 6.10 Å². The van der Waals surface area contributed by atoms with Gasteiger partial charge in [0, 0.05) is 13.7 Å². The number of hydrogen-bond donors (Lipinski definition) is 1. The van der Waals surface area contributed by atoms with E-state index in [1.165, 1.54) is 11.3 Å². The Morgan fingerprint density at radius 2 is 2.64 bits per heavy atom. The van der Waals surface area contributed by atoms with Gasteiger partial charge in [-0.2, -0.15) is 0 Å². The first-order valence-electron chi connectivity index (χ1n) is 3.11. The van der Waals surface area contributed by atoms with Crippen LogP contribution in [0.15, 0.2) is 5.51 Å². The van der Waals surface area contributed by atoms with Gasteiger partial charge in [-0.3, -0.25) is 0 Å². The van der Waals surface area contributed by atoms with Crippen LogP contribution in [0.2, 0.25) is 5.15 Å². The van der Waals surface area contributed by atoms with Crippen molar-refractivity contribution in [2.24, 2.45) is 5.73 Å². The van der Waals surface area contributed by atoms with Gasteiger partial charge in [-0.15, -0.1) is 11.3 Å². The largest absolute Gasteiger partial charge is 0.374 e. The molecule has 0 bridgehead atoms. The van der Waals surface area contributed by atoms with E-state index >= 15 is 0 Å². The van der Waals surface area contributed by atoms with E-state index in [1.54, 1.807) is 12.6 Å². The molecule has 0 fully saturated rings. The molecule has 0 spiro atoms. The molecule has 1 aromatic rings. The Morgan fingerprint density at radius 3 is 3.00 bits per heavy atom. The van der Waals surface area contributed by atoms with Crippen LogP contribution >= 0.6 is 22.9 Å². The van der Waals surface area contributed by atoms with Crippen LogP contribution in [0.1, 0.15) is 11.0 Å². The minimum atomic E-state index is -0.116. The number of hydrogen-bond acceptors (Lipinski definition) is 4. The first-order chi connectivity index (χ1) is 5.29. The van der Waals surface area contributed by atoms with Crippen molar-refractivity contribution in [1.82, 2.24) is 4.98 Å². The van der Waals surface area contributed by atoms with E-state index < -0.39 is 0 Å². The third kappa shape index (κ3) is 1.90. The van der Waals surface area contributed by atoms with E-state index in [2.05, 4.69) is 4.98 Å². The lowest BCUT2D eigenvalue weighted by molar-refractivity contribution is 0.113. The summed E-state index contributed by atoms with van der Waals surface area (Å²) in [5.41, 5.74) is 7.12. The van der Waals surface area contributed by atoms with E-state index in [0.29, 0.717) is 11.7 Å². The molecular weight excluding hydrogens is 184 g/mol. The second-order valence-electron chi connectivity index (χ2n) is 1.97. The fourth-order valence-electron chi connectivity index (χ4n) is 0.761. The lowest BCUT2D eigenvalue weighted by atomic mass is 10.3. The quantitative estimate of drug-likeness (QED) is 0.789. The topological polar surface area (TPSA) is 48.1 Å². The average Bonchev–Trinajstić information content (AvgIpc) is 2.40. The highest BCUT2D eigenvalue weighted by Gasteiger charge is 2.14. The van der Waals surface area contributed by atoms with Gasteiger partial charge in [0.15, 0.2) is 0 Å². The SMILES string of the molecule is COC(CN)c1scnc1Cl. The van der Waals surface area contributed by atoms with E-state index in [1.807, 2.05) is 0 Å². The molecule has 0 radical (unpaired) electrons. The van der Waals surface area contributed by atoms with Gasteiger partial charge in [-0.1, -0.05) is 11.6 Å². The summed E-state index contributed by atoms with van der Waals surface area (Å²) in [5.74, 6) is 0. The van der Waals surface area contributed by atoms with E-state index in [0.717, 1.165) is 4.88 Å². The molecule has 1 aromatic heterocycles. The summed E-state index contributed by atoms with van der Waals surface area (Å²) in [7, 11) is 1.60. The summed E-state index contributed by atoms with van der Waals surface area (Å²) in [6.45, 7) is 0.429. The smallest absolute Gasteiger partial charge is 0.145 e. The molecule has 0 amide bonds. The van der Waals surface area contributed by atoms with Gasteiger partial charge in [-0.05, 0) is 0 Å². The third-order valence-corrected chi connectivity index (χ3v) is 2.67. The van der Waals surface area contributed by atoms with Crippen molar-refractivity contribution in [3.63, 3.8) is 0 Å². The van der Waals surface area contributed by atoms with Crippen molar-refractivity contribution < 1.29 is 4.74 Å². The Morgan fingerprint density at radius 1 is 1.91 bits per heavy atom. The standard InChI is InChI=1S/C6H9ClN2OS/c1-10-4(2-8)5-6(7)9-3-11-5/h3-4H,2,8H2,1H3. The van der Waals surface area contributed by atoms with Crippen LogP contribution in [0, 0.1) is 0 Å². The third-order valence-electron chi connectivity index (χ3n) is 1.34. The molecule has 0 saturated heterocycles. The lowest BCUT2D eigenvalue weighted by Crippen LogP contribution is -2.13. The molecule has 1 atom stereocenters. The lowest BCUT2D eigenvalue weighted by Gasteiger charge is -2.09. The number of aromatic nitrogens is 1. The number of thiazole rings is 1. The van der Waals surface area contributed by atoms with Crippen LogP contribution < -0.4 is 5.73 Å². The van der Waals surface area contributed by atoms with Gasteiger partial charge in [0.1, 0.15) is 11.3 Å². The van der Waals surface area contributed by atoms with Gasteiger partial charge in [0.05, 0.1) is 10.4 Å². The molecule has 2 N–H and O–H groups in total. The summed E-state index contributed by atoms with van der Waals surface area (Å²) < 4.78 is 5.09. The minimum absolute atomic E-state index is 0.116. The molecule has 0 saturated carbocycles. The monoisotopic (exact) mass is 192 g/mol. The Hall–Kier alpha value is -0.160. The van der Waals surface area contributed by atoms with Crippen LogP contribution in [0.25, 0.3) is 0 Å². The fourth-order valence-corrected chi connectivity index (χ4v) is 1.89. The van der Waals surface area contributed by atoms with Crippen LogP contribution in [-0.4, -0.2) is 18.6 Å². The molecule has 11 heavy (non-hydrogen) atoms. The van der Waals surface area contributed by atoms with Gasteiger partial charge < -0.3 is 10.5 Å². The van der Waals surface area contributed by atoms with Crippen LogP contribution in [0.5, 0.6) is 0 Å². The zero-order valence-corrected chi connectivity index (χ0v) is 7.65. The number of nitrogens with two attached hydrogens (primary N) is 1. The van der Waals surface area contributed by atoms with Crippen molar-refractivity contribution in [2.75, 3.05) is 13.7 Å². The molecule has 0 aromatic carbocycles. The molecule has 0 aliphatic rings. The van der Waals surface area contributed by atoms with Gasteiger partial charge in [0.2, 0.25) is 0 Å². The second kappa shape index (κ2) is 4.01. The molecule has 1 rings (SSSR count). The highest BCUT2D eigenvalue weighted by atomic mass is 35.5. The number of ether oxygens (including phenoxy) is 1. The molecule has 0 aliphatic heterocycles. The first kappa shape index (κ1) is 8.93. The van der Waals surface area contributed by atoms with Crippen molar-refractivity contribution in [3.05, 3.63) is 15.5 Å². The zero-order valence-electron chi connectivity index (χ0n) is 6.08. The Kier molecular flexibility index (Phi) is 3.26.